The lowest BCUT2D eigenvalue weighted by Crippen LogP contribution is -2.42. The summed E-state index contributed by atoms with van der Waals surface area (Å²) in [5.74, 6) is 0. The van der Waals surface area contributed by atoms with Gasteiger partial charge in [-0.15, -0.1) is 0 Å². The quantitative estimate of drug-likeness (QED) is 0.415. The molecule has 0 aliphatic rings. The summed E-state index contributed by atoms with van der Waals surface area (Å²) in [7, 11) is 1.59. The third-order valence-electron chi connectivity index (χ3n) is 1.90. The van der Waals surface area contributed by atoms with Crippen molar-refractivity contribution >= 4 is 6.03 Å². The lowest BCUT2D eigenvalue weighted by Gasteiger charge is -2.17. The van der Waals surface area contributed by atoms with Crippen LogP contribution in [0.2, 0.25) is 0 Å². The molecule has 0 bridgehead atoms. The molecule has 0 atom stereocenters. The highest BCUT2D eigenvalue weighted by molar-refractivity contribution is 5.73. The molecule has 0 aliphatic heterocycles. The molecule has 0 heterocycles. The Morgan fingerprint density at radius 2 is 1.78 bits per heavy atom. The van der Waals surface area contributed by atoms with Crippen molar-refractivity contribution in [2.45, 2.75) is 20.1 Å². The maximum Gasteiger partial charge on any atom is 0.316 e. The molecule has 0 aromatic rings. The number of amides is 2. The zero-order chi connectivity index (χ0) is 13.6. The number of urea groups is 1. The number of nitrogens with one attached hydrogen (secondary N) is 2. The summed E-state index contributed by atoms with van der Waals surface area (Å²) in [4.78, 5) is 11.3. The Bertz CT molecular complexity index is 198. The van der Waals surface area contributed by atoms with E-state index in [4.69, 9.17) is 18.9 Å². The Balaban J connectivity index is 3.54. The summed E-state index contributed by atoms with van der Waals surface area (Å²) in [5, 5.41) is 5.17. The summed E-state index contributed by atoms with van der Waals surface area (Å²) in [6.07, 6.45) is -0.417. The topological polar surface area (TPSA) is 78.1 Å². The molecule has 0 rings (SSSR count). The van der Waals surface area contributed by atoms with Crippen LogP contribution in [0.3, 0.4) is 0 Å². The van der Waals surface area contributed by atoms with Crippen molar-refractivity contribution in [3.8, 4) is 0 Å². The highest BCUT2D eigenvalue weighted by Gasteiger charge is 2.09. The molecular weight excluding hydrogens is 240 g/mol. The second-order valence-electron chi connectivity index (χ2n) is 3.27. The van der Waals surface area contributed by atoms with Crippen LogP contribution in [0.4, 0.5) is 4.79 Å². The average Bonchev–Trinajstić information content (AvgIpc) is 2.36. The normalized spacial score (nSPS) is 10.7. The number of methoxy groups -OCH3 is 1. The zero-order valence-electron chi connectivity index (χ0n) is 11.4. The van der Waals surface area contributed by atoms with Gasteiger partial charge in [-0.25, -0.2) is 4.79 Å². The van der Waals surface area contributed by atoms with Crippen LogP contribution in [0.15, 0.2) is 0 Å². The first-order valence-electron chi connectivity index (χ1n) is 6.06. The van der Waals surface area contributed by atoms with Crippen molar-refractivity contribution in [3.05, 3.63) is 0 Å². The molecule has 18 heavy (non-hydrogen) atoms. The van der Waals surface area contributed by atoms with Gasteiger partial charge in [0, 0.05) is 20.3 Å². The Morgan fingerprint density at radius 1 is 1.11 bits per heavy atom. The Kier molecular flexibility index (Phi) is 11.9. The van der Waals surface area contributed by atoms with E-state index in [-0.39, 0.29) is 12.8 Å². The van der Waals surface area contributed by atoms with E-state index in [9.17, 15) is 4.79 Å². The standard InChI is InChI=1S/C11H24N2O5/c1-4-17-10(18-5-2)8-12-11(14)13-9-16-7-6-15-3/h10H,4-9H2,1-3H3,(H2,12,13,14). The lowest BCUT2D eigenvalue weighted by atomic mass is 10.6. The molecule has 0 aromatic carbocycles. The van der Waals surface area contributed by atoms with Crippen LogP contribution < -0.4 is 10.6 Å². The fourth-order valence-electron chi connectivity index (χ4n) is 1.11. The van der Waals surface area contributed by atoms with Gasteiger partial charge < -0.3 is 29.6 Å². The molecule has 0 radical (unpaired) electrons. The fourth-order valence-corrected chi connectivity index (χ4v) is 1.11. The van der Waals surface area contributed by atoms with Crippen LogP contribution in [0, 0.1) is 0 Å². The third kappa shape index (κ3) is 10.3. The van der Waals surface area contributed by atoms with Crippen molar-refractivity contribution in [3.63, 3.8) is 0 Å². The van der Waals surface area contributed by atoms with Crippen molar-refractivity contribution in [2.24, 2.45) is 0 Å². The molecule has 7 heteroatoms. The molecule has 0 fully saturated rings. The molecule has 7 nitrogen and oxygen atoms in total. The summed E-state index contributed by atoms with van der Waals surface area (Å²) >= 11 is 0. The van der Waals surface area contributed by atoms with Crippen LogP contribution in [0.5, 0.6) is 0 Å². The van der Waals surface area contributed by atoms with E-state index in [1.54, 1.807) is 7.11 Å². The number of ether oxygens (including phenoxy) is 4. The minimum Gasteiger partial charge on any atom is -0.382 e. The van der Waals surface area contributed by atoms with Crippen LogP contribution in [0.1, 0.15) is 13.8 Å². The molecule has 2 N–H and O–H groups in total. The van der Waals surface area contributed by atoms with Gasteiger partial charge in [-0.2, -0.15) is 0 Å². The van der Waals surface area contributed by atoms with E-state index in [1.165, 1.54) is 0 Å². The van der Waals surface area contributed by atoms with Crippen LogP contribution in [-0.4, -0.2) is 59.1 Å². The number of carbonyl (C=O) groups is 1. The van der Waals surface area contributed by atoms with E-state index >= 15 is 0 Å². The van der Waals surface area contributed by atoms with Crippen molar-refractivity contribution in [2.75, 3.05) is 46.8 Å². The predicted octanol–water partition coefficient (Wildman–Crippen LogP) is 0.305. The average molecular weight is 264 g/mol. The monoisotopic (exact) mass is 264 g/mol. The Labute approximate surface area is 108 Å². The maximum absolute atomic E-state index is 11.3. The summed E-state index contributed by atoms with van der Waals surface area (Å²) in [5.41, 5.74) is 0. The Hall–Kier alpha value is -0.890. The van der Waals surface area contributed by atoms with E-state index in [2.05, 4.69) is 10.6 Å². The first-order chi connectivity index (χ1) is 8.74. The highest BCUT2D eigenvalue weighted by Crippen LogP contribution is 1.92. The molecule has 108 valence electrons. The molecular formula is C11H24N2O5. The van der Waals surface area contributed by atoms with Gasteiger partial charge in [0.15, 0.2) is 6.29 Å². The Morgan fingerprint density at radius 3 is 2.33 bits per heavy atom. The summed E-state index contributed by atoms with van der Waals surface area (Å²) in [6, 6.07) is -0.322. The van der Waals surface area contributed by atoms with E-state index in [0.717, 1.165) is 0 Å². The second kappa shape index (κ2) is 12.6. The molecule has 0 spiro atoms. The largest absolute Gasteiger partial charge is 0.382 e. The molecule has 0 saturated carbocycles. The third-order valence-corrected chi connectivity index (χ3v) is 1.90. The van der Waals surface area contributed by atoms with Crippen molar-refractivity contribution < 1.29 is 23.7 Å². The van der Waals surface area contributed by atoms with Gasteiger partial charge in [0.2, 0.25) is 0 Å². The molecule has 0 aromatic heterocycles. The van der Waals surface area contributed by atoms with Gasteiger partial charge in [-0.3, -0.25) is 0 Å². The van der Waals surface area contributed by atoms with Gasteiger partial charge in [-0.1, -0.05) is 0 Å². The van der Waals surface area contributed by atoms with Crippen molar-refractivity contribution in [1.82, 2.24) is 10.6 Å². The van der Waals surface area contributed by atoms with Gasteiger partial charge in [0.1, 0.15) is 6.73 Å². The van der Waals surface area contributed by atoms with Gasteiger partial charge in [0.05, 0.1) is 19.8 Å². The number of hydrogen-bond donors (Lipinski definition) is 2. The smallest absolute Gasteiger partial charge is 0.316 e. The first-order valence-corrected chi connectivity index (χ1v) is 6.06. The molecule has 2 amide bonds. The van der Waals surface area contributed by atoms with Crippen LogP contribution >= 0.6 is 0 Å². The van der Waals surface area contributed by atoms with Crippen LogP contribution in [-0.2, 0) is 18.9 Å². The van der Waals surface area contributed by atoms with Crippen LogP contribution in [0.25, 0.3) is 0 Å². The van der Waals surface area contributed by atoms with Crippen molar-refractivity contribution in [1.29, 1.82) is 0 Å². The first kappa shape index (κ1) is 17.1. The predicted molar refractivity (Wildman–Crippen MR) is 66.3 cm³/mol. The minimum absolute atomic E-state index is 0.142. The molecule has 0 saturated heterocycles. The van der Waals surface area contributed by atoms with E-state index in [1.807, 2.05) is 13.8 Å². The minimum atomic E-state index is -0.417. The maximum atomic E-state index is 11.3. The number of rotatable bonds is 11. The van der Waals surface area contributed by atoms with E-state index in [0.29, 0.717) is 33.0 Å². The highest BCUT2D eigenvalue weighted by atomic mass is 16.7. The van der Waals surface area contributed by atoms with E-state index < -0.39 is 6.29 Å². The fraction of sp³-hybridized carbons (Fsp3) is 0.909. The molecule has 0 unspecified atom stereocenters. The molecule has 0 aliphatic carbocycles. The van der Waals surface area contributed by atoms with Gasteiger partial charge in [-0.05, 0) is 13.8 Å². The SMILES string of the molecule is CCOC(CNC(=O)NCOCCOC)OCC. The lowest BCUT2D eigenvalue weighted by molar-refractivity contribution is -0.131. The van der Waals surface area contributed by atoms with Gasteiger partial charge in [0.25, 0.3) is 0 Å². The number of hydrogen-bond acceptors (Lipinski definition) is 5. The number of carbonyl (C=O) groups excluding carboxylic acids is 1. The summed E-state index contributed by atoms with van der Waals surface area (Å²) in [6.45, 7) is 6.19. The van der Waals surface area contributed by atoms with Gasteiger partial charge >= 0.3 is 6.03 Å². The zero-order valence-corrected chi connectivity index (χ0v) is 11.4. The summed E-state index contributed by atoms with van der Waals surface area (Å²) < 4.78 is 20.4. The second-order valence-corrected chi connectivity index (χ2v) is 3.27.